The second-order valence-corrected chi connectivity index (χ2v) is 4.89. The Morgan fingerprint density at radius 3 is 2.35 bits per heavy atom. The quantitative estimate of drug-likeness (QED) is 0.322. The first-order valence-corrected chi connectivity index (χ1v) is 5.76. The van der Waals surface area contributed by atoms with Crippen LogP contribution in [0.4, 0.5) is 4.39 Å². The number of carbonyl (C=O) groups excluding carboxylic acids is 1. The normalized spacial score (nSPS) is 30.8. The third kappa shape index (κ3) is 3.61. The van der Waals surface area contributed by atoms with Crippen LogP contribution in [0.25, 0.3) is 0 Å². The summed E-state index contributed by atoms with van der Waals surface area (Å²) in [5.41, 5.74) is 0.891. The topological polar surface area (TPSA) is 144 Å². The molecule has 1 aliphatic rings. The molecule has 0 aliphatic heterocycles. The van der Waals surface area contributed by atoms with E-state index in [1.165, 1.54) is 0 Å². The Bertz CT molecular complexity index is 410. The summed E-state index contributed by atoms with van der Waals surface area (Å²) in [5.74, 6) is -2.21. The predicted octanol–water partition coefficient (Wildman–Crippen LogP) is -1.44. The highest BCUT2D eigenvalue weighted by Crippen LogP contribution is 2.50. The Morgan fingerprint density at radius 1 is 1.65 bits per heavy atom. The van der Waals surface area contributed by atoms with Crippen molar-refractivity contribution >= 4 is 22.6 Å². The molecule has 17 heavy (non-hydrogen) atoms. The van der Waals surface area contributed by atoms with Gasteiger partial charge in [0, 0.05) is 6.42 Å². The lowest BCUT2D eigenvalue weighted by atomic mass is 10.2. The van der Waals surface area contributed by atoms with Crippen LogP contribution < -0.4 is 5.73 Å². The number of ether oxygens (including phenoxy) is 1. The van der Waals surface area contributed by atoms with Gasteiger partial charge in [-0.1, -0.05) is 0 Å². The van der Waals surface area contributed by atoms with Crippen LogP contribution >= 0.6 is 0 Å². The summed E-state index contributed by atoms with van der Waals surface area (Å²) in [7, 11) is -3.48. The lowest BCUT2D eigenvalue weighted by Gasteiger charge is -2.11. The molecule has 4 N–H and O–H groups in total. The number of hydrogen-bond donors (Lipinski definition) is 3. The zero-order valence-electron chi connectivity index (χ0n) is 8.79. The van der Waals surface area contributed by atoms with Gasteiger partial charge in [0.05, 0.1) is 7.11 Å². The number of carboxylic acid groups (broad SMARTS) is 1. The minimum atomic E-state index is -4.49. The van der Waals surface area contributed by atoms with Gasteiger partial charge >= 0.3 is 5.97 Å². The van der Waals surface area contributed by atoms with Gasteiger partial charge in [0.2, 0.25) is 0 Å². The molecule has 10 heteroatoms. The second-order valence-electron chi connectivity index (χ2n) is 3.44. The van der Waals surface area contributed by atoms with Gasteiger partial charge in [-0.25, -0.2) is 9.18 Å². The third-order valence-electron chi connectivity index (χ3n) is 2.19. The highest BCUT2D eigenvalue weighted by atomic mass is 32.2. The molecule has 1 rings (SSSR count). The molecule has 1 fully saturated rings. The van der Waals surface area contributed by atoms with Gasteiger partial charge in [0.15, 0.2) is 11.2 Å². The van der Waals surface area contributed by atoms with Crippen molar-refractivity contribution in [3.8, 4) is 0 Å². The molecule has 0 radical (unpaired) electrons. The average molecular weight is 273 g/mol. The Hall–Kier alpha value is -1.26. The Kier molecular flexibility index (Phi) is 4.57. The molecule has 1 aliphatic carbocycles. The van der Waals surface area contributed by atoms with E-state index >= 15 is 0 Å². The minimum Gasteiger partial charge on any atom is -0.483 e. The molecule has 0 aromatic heterocycles. The number of rotatable bonds is 3. The van der Waals surface area contributed by atoms with Gasteiger partial charge in [-0.15, -0.1) is 0 Å². The highest BCUT2D eigenvalue weighted by Gasteiger charge is 2.74. The second kappa shape index (κ2) is 4.94. The van der Waals surface area contributed by atoms with E-state index in [1.54, 1.807) is 0 Å². The van der Waals surface area contributed by atoms with Gasteiger partial charge in [0.25, 0.3) is 16.6 Å². The van der Waals surface area contributed by atoms with E-state index in [4.69, 9.17) is 20.2 Å². The van der Waals surface area contributed by atoms with Gasteiger partial charge in [-0.3, -0.25) is 9.35 Å². The van der Waals surface area contributed by atoms with Crippen molar-refractivity contribution in [2.75, 3.05) is 12.9 Å². The standard InChI is InChI=1S/C6H10FNO5S.CH2O2/c1-13-4(9)6(8)2-5(6,7)3-14(10,11)12;2-1-3/h2-3,8H2,1H3,(H,10,11,12);1H,(H,2,3)/t5-,6+;/m1./s1. The van der Waals surface area contributed by atoms with E-state index in [9.17, 15) is 17.6 Å². The molecular weight excluding hydrogens is 261 g/mol. The zero-order valence-corrected chi connectivity index (χ0v) is 9.61. The molecule has 0 bridgehead atoms. The lowest BCUT2D eigenvalue weighted by molar-refractivity contribution is -0.144. The van der Waals surface area contributed by atoms with Crippen molar-refractivity contribution in [3.63, 3.8) is 0 Å². The van der Waals surface area contributed by atoms with Crippen LogP contribution in [0.1, 0.15) is 6.42 Å². The number of alkyl halides is 1. The summed E-state index contributed by atoms with van der Waals surface area (Å²) in [6.07, 6.45) is -0.466. The first-order chi connectivity index (χ1) is 7.56. The maximum absolute atomic E-state index is 13.5. The van der Waals surface area contributed by atoms with Crippen LogP contribution in [0.2, 0.25) is 0 Å². The molecule has 2 atom stereocenters. The largest absolute Gasteiger partial charge is 0.483 e. The van der Waals surface area contributed by atoms with E-state index in [1.807, 2.05) is 0 Å². The van der Waals surface area contributed by atoms with Crippen LogP contribution in [0.15, 0.2) is 0 Å². The number of halogens is 1. The Morgan fingerprint density at radius 2 is 2.06 bits per heavy atom. The van der Waals surface area contributed by atoms with Gasteiger partial charge in [-0.05, 0) is 0 Å². The molecule has 0 amide bonds. The van der Waals surface area contributed by atoms with E-state index in [2.05, 4.69) is 4.74 Å². The van der Waals surface area contributed by atoms with Crippen molar-refractivity contribution in [1.29, 1.82) is 0 Å². The number of nitrogens with two attached hydrogens (primary N) is 1. The summed E-state index contributed by atoms with van der Waals surface area (Å²) in [6, 6.07) is 0. The number of esters is 1. The van der Waals surface area contributed by atoms with Crippen molar-refractivity contribution in [1.82, 2.24) is 0 Å². The first kappa shape index (κ1) is 15.7. The van der Waals surface area contributed by atoms with Crippen molar-refractivity contribution in [3.05, 3.63) is 0 Å². The monoisotopic (exact) mass is 273 g/mol. The van der Waals surface area contributed by atoms with Crippen LogP contribution in [0.5, 0.6) is 0 Å². The number of methoxy groups -OCH3 is 1. The lowest BCUT2D eigenvalue weighted by Crippen LogP contribution is -2.44. The SMILES string of the molecule is COC(=O)[C@@]1(N)C[C@@]1(F)CS(=O)(=O)O.O=CO. The average Bonchev–Trinajstić information content (AvgIpc) is 2.66. The summed E-state index contributed by atoms with van der Waals surface area (Å²) >= 11 is 0. The zero-order chi connectivity index (χ0) is 13.9. The Labute approximate surface area is 96.3 Å². The molecule has 0 aromatic carbocycles. The fourth-order valence-corrected chi connectivity index (χ4v) is 2.24. The first-order valence-electron chi connectivity index (χ1n) is 4.15. The molecule has 0 aromatic rings. The summed E-state index contributed by atoms with van der Waals surface area (Å²) in [6.45, 7) is -0.250. The molecule has 0 heterocycles. The molecule has 100 valence electrons. The molecule has 0 saturated heterocycles. The number of carbonyl (C=O) groups is 2. The maximum Gasteiger partial charge on any atom is 0.329 e. The predicted molar refractivity (Wildman–Crippen MR) is 52.5 cm³/mol. The fourth-order valence-electron chi connectivity index (χ4n) is 1.30. The highest BCUT2D eigenvalue weighted by molar-refractivity contribution is 7.85. The van der Waals surface area contributed by atoms with E-state index < -0.39 is 39.5 Å². The molecular formula is C7H12FNO7S. The van der Waals surface area contributed by atoms with Gasteiger partial charge < -0.3 is 15.6 Å². The van der Waals surface area contributed by atoms with E-state index in [-0.39, 0.29) is 6.47 Å². The van der Waals surface area contributed by atoms with Crippen LogP contribution in [-0.4, -0.2) is 54.6 Å². The van der Waals surface area contributed by atoms with Crippen LogP contribution in [0, 0.1) is 0 Å². The minimum absolute atomic E-state index is 0.250. The van der Waals surface area contributed by atoms with Crippen LogP contribution in [-0.2, 0) is 24.4 Å². The van der Waals surface area contributed by atoms with E-state index in [0.717, 1.165) is 7.11 Å². The molecule has 1 saturated carbocycles. The fraction of sp³-hybridized carbons (Fsp3) is 0.714. The summed E-state index contributed by atoms with van der Waals surface area (Å²) in [4.78, 5) is 19.3. The Balaban J connectivity index is 0.000000770. The summed E-state index contributed by atoms with van der Waals surface area (Å²) < 4.78 is 46.9. The maximum atomic E-state index is 13.5. The molecule has 0 unspecified atom stereocenters. The third-order valence-corrected chi connectivity index (χ3v) is 3.02. The van der Waals surface area contributed by atoms with Gasteiger partial charge in [0.1, 0.15) is 5.75 Å². The molecule has 8 nitrogen and oxygen atoms in total. The number of hydrogen-bond acceptors (Lipinski definition) is 6. The smallest absolute Gasteiger partial charge is 0.329 e. The summed E-state index contributed by atoms with van der Waals surface area (Å²) in [5, 5.41) is 6.89. The van der Waals surface area contributed by atoms with Crippen molar-refractivity contribution in [2.24, 2.45) is 5.73 Å². The van der Waals surface area contributed by atoms with Crippen molar-refractivity contribution < 1.29 is 36.8 Å². The van der Waals surface area contributed by atoms with Gasteiger partial charge in [-0.2, -0.15) is 8.42 Å². The van der Waals surface area contributed by atoms with E-state index in [0.29, 0.717) is 0 Å². The molecule has 0 spiro atoms. The van der Waals surface area contributed by atoms with Crippen LogP contribution in [0.3, 0.4) is 0 Å². The van der Waals surface area contributed by atoms with Crippen molar-refractivity contribution in [2.45, 2.75) is 17.6 Å².